The van der Waals surface area contributed by atoms with Crippen molar-refractivity contribution in [2.24, 2.45) is 0 Å². The Hall–Kier alpha value is -0.810. The first-order valence-corrected chi connectivity index (χ1v) is 4.72. The number of hydrogen-bond acceptors (Lipinski definition) is 3. The number of imide groups is 1. The molecule has 2 saturated heterocycles. The van der Waals surface area contributed by atoms with Crippen molar-refractivity contribution in [3.8, 4) is 0 Å². The van der Waals surface area contributed by atoms with Gasteiger partial charge in [0.05, 0.1) is 19.3 Å². The Balaban J connectivity index is 2.17. The smallest absolute Gasteiger partial charge is 0.342 e. The molecule has 0 radical (unpaired) electrons. The summed E-state index contributed by atoms with van der Waals surface area (Å²) in [6.07, 6.45) is 0.00173. The van der Waals surface area contributed by atoms with Gasteiger partial charge in [-0.1, -0.05) is 0 Å². The Labute approximate surface area is 86.7 Å². The van der Waals surface area contributed by atoms with E-state index in [-0.39, 0.29) is 12.0 Å². The van der Waals surface area contributed by atoms with Crippen LogP contribution >= 0.6 is 11.8 Å². The van der Waals surface area contributed by atoms with Crippen molar-refractivity contribution in [3.05, 3.63) is 0 Å². The Morgan fingerprint density at radius 3 is 2.50 bits per heavy atom. The lowest BCUT2D eigenvalue weighted by molar-refractivity contribution is -0.131. The van der Waals surface area contributed by atoms with Gasteiger partial charge in [-0.05, 0) is 13.8 Å². The predicted octanol–water partition coefficient (Wildman–Crippen LogP) is 0.582. The van der Waals surface area contributed by atoms with Gasteiger partial charge in [-0.15, -0.1) is 0 Å². The van der Waals surface area contributed by atoms with Crippen LogP contribution in [0.15, 0.2) is 0 Å². The van der Waals surface area contributed by atoms with Gasteiger partial charge in [0, 0.05) is 11.8 Å². The van der Waals surface area contributed by atoms with Crippen LogP contribution in [-0.2, 0) is 9.53 Å². The molecule has 0 saturated carbocycles. The Morgan fingerprint density at radius 2 is 2.14 bits per heavy atom. The predicted molar refractivity (Wildman–Crippen MR) is 48.6 cm³/mol. The minimum absolute atomic E-state index is 0.00173. The van der Waals surface area contributed by atoms with E-state index in [0.717, 1.165) is 9.32 Å². The summed E-state index contributed by atoms with van der Waals surface area (Å²) in [7, 11) is 0. The average Bonchev–Trinajstić information content (AvgIpc) is 2.91. The molecule has 2 heterocycles. The molecule has 1 atom stereocenters. The fourth-order valence-corrected chi connectivity index (χ4v) is 1.55. The second-order valence-corrected chi connectivity index (χ2v) is 4.33. The van der Waals surface area contributed by atoms with E-state index in [4.69, 9.17) is 16.5 Å². The summed E-state index contributed by atoms with van der Waals surface area (Å²) < 4.78 is 5.90. The monoisotopic (exact) mass is 218 g/mol. The van der Waals surface area contributed by atoms with Crippen LogP contribution in [0.3, 0.4) is 0 Å². The third-order valence-corrected chi connectivity index (χ3v) is 3.01. The highest BCUT2D eigenvalue weighted by Crippen LogP contribution is 2.30. The van der Waals surface area contributed by atoms with Crippen LogP contribution in [0.4, 0.5) is 4.79 Å². The number of hydrogen-bond donors (Lipinski definition) is 0. The number of rotatable bonds is 2. The second-order valence-electron chi connectivity index (χ2n) is 3.99. The van der Waals surface area contributed by atoms with Crippen LogP contribution in [0, 0.1) is 0 Å². The highest BCUT2D eigenvalue weighted by atomic mass is 35.5. The lowest BCUT2D eigenvalue weighted by atomic mass is 10.1. The molecule has 2 aliphatic heterocycles. The molecule has 78 valence electrons. The van der Waals surface area contributed by atoms with Crippen molar-refractivity contribution in [2.75, 3.05) is 13.2 Å². The standard InChI is InChI=1S/C8H11ClN2O3/c1-8(2)6(12)10(3-5-4-14-5)7(13)11(8)9/h5H,3-4H2,1-2H3. The van der Waals surface area contributed by atoms with Crippen molar-refractivity contribution < 1.29 is 14.3 Å². The summed E-state index contributed by atoms with van der Waals surface area (Å²) in [5, 5.41) is 0. The van der Waals surface area contributed by atoms with E-state index in [1.165, 1.54) is 0 Å². The van der Waals surface area contributed by atoms with Crippen LogP contribution in [0.25, 0.3) is 0 Å². The zero-order valence-corrected chi connectivity index (χ0v) is 8.74. The van der Waals surface area contributed by atoms with E-state index >= 15 is 0 Å². The highest BCUT2D eigenvalue weighted by Gasteiger charge is 2.52. The molecule has 2 aliphatic rings. The van der Waals surface area contributed by atoms with E-state index in [1.807, 2.05) is 0 Å². The quantitative estimate of drug-likeness (QED) is 0.387. The van der Waals surface area contributed by atoms with Crippen molar-refractivity contribution in [2.45, 2.75) is 25.5 Å². The van der Waals surface area contributed by atoms with E-state index < -0.39 is 11.6 Å². The molecule has 14 heavy (non-hydrogen) atoms. The molecule has 0 aromatic carbocycles. The molecule has 1 unspecified atom stereocenters. The van der Waals surface area contributed by atoms with Crippen molar-refractivity contribution in [3.63, 3.8) is 0 Å². The largest absolute Gasteiger partial charge is 0.371 e. The topological polar surface area (TPSA) is 53.2 Å². The van der Waals surface area contributed by atoms with Crippen molar-refractivity contribution in [1.29, 1.82) is 0 Å². The molecule has 0 bridgehead atoms. The lowest BCUT2D eigenvalue weighted by Crippen LogP contribution is -2.40. The molecule has 3 amide bonds. The molecule has 0 N–H and O–H groups in total. The van der Waals surface area contributed by atoms with Gasteiger partial charge in [0.1, 0.15) is 5.54 Å². The molecule has 0 aromatic heterocycles. The van der Waals surface area contributed by atoms with E-state index in [9.17, 15) is 9.59 Å². The van der Waals surface area contributed by atoms with Gasteiger partial charge in [-0.3, -0.25) is 9.69 Å². The molecule has 0 spiro atoms. The van der Waals surface area contributed by atoms with E-state index in [1.54, 1.807) is 13.8 Å². The molecular weight excluding hydrogens is 208 g/mol. The number of urea groups is 1. The zero-order chi connectivity index (χ0) is 10.5. The van der Waals surface area contributed by atoms with Crippen LogP contribution in [0.5, 0.6) is 0 Å². The highest BCUT2D eigenvalue weighted by molar-refractivity contribution is 6.27. The SMILES string of the molecule is CC1(C)C(=O)N(CC2CO2)C(=O)N1Cl. The normalized spacial score (nSPS) is 30.1. The number of ether oxygens (including phenoxy) is 1. The van der Waals surface area contributed by atoms with Gasteiger partial charge in [-0.25, -0.2) is 9.21 Å². The summed E-state index contributed by atoms with van der Waals surface area (Å²) in [4.78, 5) is 24.4. The molecule has 0 aromatic rings. The van der Waals surface area contributed by atoms with Crippen LogP contribution in [0.1, 0.15) is 13.8 Å². The minimum Gasteiger partial charge on any atom is -0.371 e. The second kappa shape index (κ2) is 2.84. The molecular formula is C8H11ClN2O3. The number of carbonyl (C=O) groups is 2. The lowest BCUT2D eigenvalue weighted by Gasteiger charge is -2.19. The number of amides is 3. The number of carbonyl (C=O) groups excluding carboxylic acids is 2. The minimum atomic E-state index is -0.951. The zero-order valence-electron chi connectivity index (χ0n) is 7.99. The number of nitrogens with zero attached hydrogens (tertiary/aromatic N) is 2. The van der Waals surface area contributed by atoms with E-state index in [0.29, 0.717) is 13.2 Å². The third kappa shape index (κ3) is 1.27. The van der Waals surface area contributed by atoms with Crippen molar-refractivity contribution >= 4 is 23.7 Å². The van der Waals surface area contributed by atoms with Crippen molar-refractivity contribution in [1.82, 2.24) is 9.32 Å². The van der Waals surface area contributed by atoms with Gasteiger partial charge < -0.3 is 4.74 Å². The number of halogens is 1. The van der Waals surface area contributed by atoms with Gasteiger partial charge in [0.25, 0.3) is 5.91 Å². The molecule has 5 nitrogen and oxygen atoms in total. The summed E-state index contributed by atoms with van der Waals surface area (Å²) >= 11 is 5.73. The molecule has 6 heteroatoms. The molecule has 0 aliphatic carbocycles. The molecule has 2 rings (SSSR count). The van der Waals surface area contributed by atoms with Gasteiger partial charge in [0.15, 0.2) is 0 Å². The Kier molecular flexibility index (Phi) is 1.97. The summed E-state index contributed by atoms with van der Waals surface area (Å²) in [5.74, 6) is -0.270. The maximum absolute atomic E-state index is 11.7. The van der Waals surface area contributed by atoms with Crippen LogP contribution < -0.4 is 0 Å². The number of epoxide rings is 1. The Morgan fingerprint density at radius 1 is 1.57 bits per heavy atom. The fraction of sp³-hybridized carbons (Fsp3) is 0.750. The maximum Gasteiger partial charge on any atom is 0.342 e. The van der Waals surface area contributed by atoms with Crippen LogP contribution in [-0.4, -0.2) is 46.1 Å². The Bertz CT molecular complexity index is 301. The third-order valence-electron chi connectivity index (χ3n) is 2.45. The average molecular weight is 219 g/mol. The van der Waals surface area contributed by atoms with Gasteiger partial charge >= 0.3 is 6.03 Å². The summed E-state index contributed by atoms with van der Waals surface area (Å²) in [6, 6.07) is -0.461. The van der Waals surface area contributed by atoms with Crippen LogP contribution in [0.2, 0.25) is 0 Å². The van der Waals surface area contributed by atoms with Gasteiger partial charge in [0.2, 0.25) is 0 Å². The summed E-state index contributed by atoms with van der Waals surface area (Å²) in [6.45, 7) is 4.16. The van der Waals surface area contributed by atoms with E-state index in [2.05, 4.69) is 0 Å². The van der Waals surface area contributed by atoms with Gasteiger partial charge in [-0.2, -0.15) is 0 Å². The fourth-order valence-electron chi connectivity index (χ4n) is 1.38. The summed E-state index contributed by atoms with van der Waals surface area (Å²) in [5.41, 5.74) is -0.951. The first-order chi connectivity index (χ1) is 6.44. The maximum atomic E-state index is 11.7. The first-order valence-electron chi connectivity index (χ1n) is 4.38. The first kappa shape index (κ1) is 9.73. The molecule has 2 fully saturated rings.